The minimum Gasteiger partial charge on any atom is -0.481 e. The summed E-state index contributed by atoms with van der Waals surface area (Å²) in [5.41, 5.74) is 0. The van der Waals surface area contributed by atoms with E-state index in [2.05, 4.69) is 15.3 Å². The van der Waals surface area contributed by atoms with E-state index in [1.165, 1.54) is 0 Å². The molecule has 0 radical (unpaired) electrons. The van der Waals surface area contributed by atoms with Crippen LogP contribution in [-0.4, -0.2) is 33.7 Å². The maximum atomic E-state index is 10.7. The summed E-state index contributed by atoms with van der Waals surface area (Å²) in [5.74, 6) is 0.157. The van der Waals surface area contributed by atoms with Gasteiger partial charge in [0.25, 0.3) is 0 Å². The number of aromatic nitrogens is 2. The van der Waals surface area contributed by atoms with Gasteiger partial charge < -0.3 is 15.2 Å². The normalized spacial score (nSPS) is 11.9. The molecule has 1 unspecified atom stereocenters. The third kappa shape index (κ3) is 4.99. The fraction of sp³-hybridized carbons (Fsp3) is 0.583. The van der Waals surface area contributed by atoms with E-state index in [9.17, 15) is 4.79 Å². The van der Waals surface area contributed by atoms with Crippen molar-refractivity contribution >= 4 is 11.8 Å². The number of carboxylic acid groups (broad SMARTS) is 1. The number of rotatable bonds is 8. The summed E-state index contributed by atoms with van der Waals surface area (Å²) in [5, 5.41) is 11.8. The molecule has 2 N–H and O–H groups in total. The Morgan fingerprint density at radius 1 is 1.50 bits per heavy atom. The van der Waals surface area contributed by atoms with Crippen molar-refractivity contribution in [2.45, 2.75) is 39.2 Å². The summed E-state index contributed by atoms with van der Waals surface area (Å²) in [6, 6.07) is -0.154. The molecule has 0 aliphatic heterocycles. The van der Waals surface area contributed by atoms with Crippen LogP contribution in [0.25, 0.3) is 0 Å². The van der Waals surface area contributed by atoms with Gasteiger partial charge in [0.2, 0.25) is 5.88 Å². The van der Waals surface area contributed by atoms with Gasteiger partial charge >= 0.3 is 5.97 Å². The molecule has 0 spiro atoms. The summed E-state index contributed by atoms with van der Waals surface area (Å²) >= 11 is 0. The van der Waals surface area contributed by atoms with Gasteiger partial charge in [-0.1, -0.05) is 13.8 Å². The van der Waals surface area contributed by atoms with Crippen molar-refractivity contribution in [3.05, 3.63) is 12.4 Å². The average Bonchev–Trinajstić information content (AvgIpc) is 2.35. The molecule has 0 bridgehead atoms. The first kappa shape index (κ1) is 14.2. The zero-order valence-corrected chi connectivity index (χ0v) is 10.7. The van der Waals surface area contributed by atoms with Crippen LogP contribution >= 0.6 is 0 Å². The lowest BCUT2D eigenvalue weighted by atomic mass is 10.1. The van der Waals surface area contributed by atoms with E-state index in [1.54, 1.807) is 12.4 Å². The predicted molar refractivity (Wildman–Crippen MR) is 67.8 cm³/mol. The molecule has 18 heavy (non-hydrogen) atoms. The second kappa shape index (κ2) is 7.47. The molecule has 0 saturated carbocycles. The van der Waals surface area contributed by atoms with Gasteiger partial charge in [-0.15, -0.1) is 0 Å². The van der Waals surface area contributed by atoms with Crippen LogP contribution in [0.4, 0.5) is 5.82 Å². The minimum absolute atomic E-state index is 0.0538. The second-order valence-electron chi connectivity index (χ2n) is 3.94. The highest BCUT2D eigenvalue weighted by Gasteiger charge is 2.11. The summed E-state index contributed by atoms with van der Waals surface area (Å²) in [7, 11) is 0. The van der Waals surface area contributed by atoms with Gasteiger partial charge in [-0.05, 0) is 12.8 Å². The third-order valence-electron chi connectivity index (χ3n) is 2.33. The Morgan fingerprint density at radius 3 is 2.89 bits per heavy atom. The molecule has 0 aromatic carbocycles. The number of carboxylic acids is 1. The van der Waals surface area contributed by atoms with Crippen LogP contribution in [0.2, 0.25) is 0 Å². The number of hydrogen-bond donors (Lipinski definition) is 2. The van der Waals surface area contributed by atoms with Crippen molar-refractivity contribution in [1.82, 2.24) is 9.97 Å². The number of carbonyl (C=O) groups is 1. The van der Waals surface area contributed by atoms with Gasteiger partial charge in [-0.25, -0.2) is 0 Å². The fourth-order valence-electron chi connectivity index (χ4n) is 1.41. The maximum Gasteiger partial charge on any atom is 0.305 e. The van der Waals surface area contributed by atoms with E-state index < -0.39 is 5.97 Å². The first-order chi connectivity index (χ1) is 8.65. The van der Waals surface area contributed by atoms with Crippen LogP contribution < -0.4 is 10.1 Å². The van der Waals surface area contributed by atoms with Gasteiger partial charge in [-0.3, -0.25) is 9.78 Å². The quantitative estimate of drug-likeness (QED) is 0.736. The van der Waals surface area contributed by atoms with E-state index in [4.69, 9.17) is 9.84 Å². The Labute approximate surface area is 106 Å². The summed E-state index contributed by atoms with van der Waals surface area (Å²) in [6.07, 6.45) is 4.75. The number of nitrogens with zero attached hydrogens (tertiary/aromatic N) is 2. The molecular weight excluding hydrogens is 234 g/mol. The molecule has 6 heteroatoms. The molecule has 1 heterocycles. The van der Waals surface area contributed by atoms with Crippen molar-refractivity contribution in [3.8, 4) is 5.88 Å². The number of aliphatic carboxylic acids is 1. The van der Waals surface area contributed by atoms with Crippen LogP contribution in [0, 0.1) is 0 Å². The Morgan fingerprint density at radius 2 is 2.28 bits per heavy atom. The molecule has 0 amide bonds. The predicted octanol–water partition coefficient (Wildman–Crippen LogP) is 1.93. The highest BCUT2D eigenvalue weighted by atomic mass is 16.5. The molecule has 0 aliphatic rings. The van der Waals surface area contributed by atoms with Gasteiger partial charge in [0.05, 0.1) is 25.4 Å². The van der Waals surface area contributed by atoms with Crippen molar-refractivity contribution < 1.29 is 14.6 Å². The largest absolute Gasteiger partial charge is 0.481 e. The van der Waals surface area contributed by atoms with Crippen LogP contribution in [-0.2, 0) is 4.79 Å². The monoisotopic (exact) mass is 253 g/mol. The maximum absolute atomic E-state index is 10.7. The minimum atomic E-state index is -0.833. The van der Waals surface area contributed by atoms with Crippen molar-refractivity contribution in [1.29, 1.82) is 0 Å². The van der Waals surface area contributed by atoms with Crippen LogP contribution in [0.3, 0.4) is 0 Å². The SMILES string of the molecule is CCCOc1cncc(NC(CC)CC(=O)O)n1. The summed E-state index contributed by atoms with van der Waals surface area (Å²) in [6.45, 7) is 4.52. The van der Waals surface area contributed by atoms with Crippen molar-refractivity contribution in [3.63, 3.8) is 0 Å². The summed E-state index contributed by atoms with van der Waals surface area (Å²) < 4.78 is 5.36. The number of hydrogen-bond acceptors (Lipinski definition) is 5. The Hall–Kier alpha value is -1.85. The first-order valence-corrected chi connectivity index (χ1v) is 6.08. The molecule has 0 fully saturated rings. The summed E-state index contributed by atoms with van der Waals surface area (Å²) in [4.78, 5) is 18.9. The van der Waals surface area contributed by atoms with Gasteiger partial charge in [0.1, 0.15) is 5.82 Å². The van der Waals surface area contributed by atoms with E-state index in [-0.39, 0.29) is 12.5 Å². The molecular formula is C12H19N3O3. The second-order valence-corrected chi connectivity index (χ2v) is 3.94. The van der Waals surface area contributed by atoms with E-state index in [0.717, 1.165) is 6.42 Å². The van der Waals surface area contributed by atoms with Crippen molar-refractivity contribution in [2.24, 2.45) is 0 Å². The molecule has 0 saturated heterocycles. The molecule has 1 aromatic rings. The standard InChI is InChI=1S/C12H19N3O3/c1-3-5-18-11-8-13-7-10(15-11)14-9(4-2)6-12(16)17/h7-9H,3-6H2,1-2H3,(H,14,15)(H,16,17). The Balaban J connectivity index is 2.62. The van der Waals surface area contributed by atoms with Crippen LogP contribution in [0.1, 0.15) is 33.1 Å². The van der Waals surface area contributed by atoms with Crippen LogP contribution in [0.5, 0.6) is 5.88 Å². The van der Waals surface area contributed by atoms with Gasteiger partial charge in [-0.2, -0.15) is 4.98 Å². The highest BCUT2D eigenvalue weighted by molar-refractivity contribution is 5.68. The zero-order chi connectivity index (χ0) is 13.4. The fourth-order valence-corrected chi connectivity index (χ4v) is 1.41. The van der Waals surface area contributed by atoms with E-state index >= 15 is 0 Å². The first-order valence-electron chi connectivity index (χ1n) is 6.08. The molecule has 1 rings (SSSR count). The third-order valence-corrected chi connectivity index (χ3v) is 2.33. The lowest BCUT2D eigenvalue weighted by Crippen LogP contribution is -2.23. The molecule has 1 aromatic heterocycles. The Kier molecular flexibility index (Phi) is 5.90. The molecule has 1 atom stereocenters. The topological polar surface area (TPSA) is 84.3 Å². The number of ether oxygens (including phenoxy) is 1. The van der Waals surface area contributed by atoms with Crippen molar-refractivity contribution in [2.75, 3.05) is 11.9 Å². The van der Waals surface area contributed by atoms with E-state index in [1.807, 2.05) is 13.8 Å². The lowest BCUT2D eigenvalue weighted by molar-refractivity contribution is -0.137. The van der Waals surface area contributed by atoms with Gasteiger partial charge in [0.15, 0.2) is 0 Å². The van der Waals surface area contributed by atoms with Gasteiger partial charge in [0, 0.05) is 6.04 Å². The average molecular weight is 253 g/mol. The number of nitrogens with one attached hydrogen (secondary N) is 1. The highest BCUT2D eigenvalue weighted by Crippen LogP contribution is 2.12. The lowest BCUT2D eigenvalue weighted by Gasteiger charge is -2.15. The Bertz CT molecular complexity index is 385. The zero-order valence-electron chi connectivity index (χ0n) is 10.7. The molecule has 6 nitrogen and oxygen atoms in total. The van der Waals surface area contributed by atoms with E-state index in [0.29, 0.717) is 24.7 Å². The number of anilines is 1. The molecule has 100 valence electrons. The van der Waals surface area contributed by atoms with Crippen LogP contribution in [0.15, 0.2) is 12.4 Å². The molecule has 0 aliphatic carbocycles. The smallest absolute Gasteiger partial charge is 0.305 e.